The van der Waals surface area contributed by atoms with Crippen LogP contribution in [0.2, 0.25) is 0 Å². The molecule has 0 unspecified atom stereocenters. The van der Waals surface area contributed by atoms with Crippen molar-refractivity contribution in [1.82, 2.24) is 10.1 Å². The number of amides is 1. The molecule has 0 saturated heterocycles. The standard InChI is InChI=1S/C34H39F3N4O3/c1-30(2,3)27-39-26(40-44-27)32-14-11-31(12-15-32,13-16-32)21-41(28(42)33-18-34(37,19-33)20-33)24-6-4-5-23(17-24)38-22-7-9-25(10-8-22)43-29(35)36/h4-10,17,29,38H,11-16,18-21H2,1-3H3. The van der Waals surface area contributed by atoms with Crippen LogP contribution in [-0.4, -0.2) is 34.9 Å². The number of rotatable bonds is 9. The SMILES string of the molecule is CC(C)(C)c1nc(C23CCC(CN(C(=O)C45CC(F)(C4)C5)c4cccc(Nc5ccc(OC(F)F)cc5)c4)(CC2)CC3)no1. The first kappa shape index (κ1) is 29.2. The molecular formula is C34H39F3N4O3. The molecule has 1 amide bonds. The lowest BCUT2D eigenvalue weighted by Crippen LogP contribution is -2.71. The first-order valence-corrected chi connectivity index (χ1v) is 15.6. The molecule has 6 saturated carbocycles. The van der Waals surface area contributed by atoms with Crippen LogP contribution < -0.4 is 15.0 Å². The topological polar surface area (TPSA) is 80.5 Å². The number of hydrogen-bond donors (Lipinski definition) is 1. The molecule has 0 atom stereocenters. The van der Waals surface area contributed by atoms with Crippen LogP contribution in [-0.2, 0) is 15.6 Å². The third kappa shape index (κ3) is 5.04. The summed E-state index contributed by atoms with van der Waals surface area (Å²) in [6.45, 7) is 3.92. The molecule has 9 rings (SSSR count). The molecule has 0 radical (unpaired) electrons. The van der Waals surface area contributed by atoms with Crippen molar-refractivity contribution in [3.05, 3.63) is 60.2 Å². The molecule has 0 aliphatic heterocycles. The summed E-state index contributed by atoms with van der Waals surface area (Å²) < 4.78 is 49.8. The summed E-state index contributed by atoms with van der Waals surface area (Å²) >= 11 is 0. The number of anilines is 3. The minimum Gasteiger partial charge on any atom is -0.435 e. The van der Waals surface area contributed by atoms with Crippen LogP contribution in [0.5, 0.6) is 5.75 Å². The molecule has 1 aromatic heterocycles. The molecular weight excluding hydrogens is 569 g/mol. The lowest BCUT2D eigenvalue weighted by Gasteiger charge is -2.65. The highest BCUT2D eigenvalue weighted by Gasteiger charge is 2.73. The van der Waals surface area contributed by atoms with Gasteiger partial charge in [-0.1, -0.05) is 32.0 Å². The molecule has 7 nitrogen and oxygen atoms in total. The fraction of sp³-hybridized carbons (Fsp3) is 0.559. The number of ether oxygens (including phenoxy) is 1. The first-order valence-electron chi connectivity index (χ1n) is 15.6. The van der Waals surface area contributed by atoms with Gasteiger partial charge in [-0.2, -0.15) is 13.8 Å². The van der Waals surface area contributed by atoms with Crippen molar-refractivity contribution >= 4 is 23.0 Å². The number of hydrogen-bond acceptors (Lipinski definition) is 6. The van der Waals surface area contributed by atoms with E-state index in [1.165, 1.54) is 12.1 Å². The van der Waals surface area contributed by atoms with Crippen molar-refractivity contribution in [2.75, 3.05) is 16.8 Å². The van der Waals surface area contributed by atoms with E-state index in [1.54, 1.807) is 12.1 Å². The van der Waals surface area contributed by atoms with E-state index in [1.807, 2.05) is 29.2 Å². The smallest absolute Gasteiger partial charge is 0.387 e. The number of benzene rings is 2. The number of nitrogens with zero attached hydrogens (tertiary/aromatic N) is 3. The highest BCUT2D eigenvalue weighted by Crippen LogP contribution is 2.70. The van der Waals surface area contributed by atoms with Crippen LogP contribution in [0.25, 0.3) is 0 Å². The van der Waals surface area contributed by atoms with Crippen molar-refractivity contribution in [1.29, 1.82) is 0 Å². The minimum absolute atomic E-state index is 0.0208. The summed E-state index contributed by atoms with van der Waals surface area (Å²) in [6.07, 6.45) is 6.65. The van der Waals surface area contributed by atoms with E-state index in [0.29, 0.717) is 37.4 Å². The lowest BCUT2D eigenvalue weighted by atomic mass is 9.41. The second-order valence-electron chi connectivity index (χ2n) is 14.9. The van der Waals surface area contributed by atoms with Gasteiger partial charge in [-0.05, 0) is 106 Å². The molecule has 0 spiro atoms. The van der Waals surface area contributed by atoms with Gasteiger partial charge in [0.25, 0.3) is 0 Å². The zero-order chi connectivity index (χ0) is 31.0. The Hall–Kier alpha value is -3.56. The van der Waals surface area contributed by atoms with E-state index in [9.17, 15) is 18.0 Å². The van der Waals surface area contributed by atoms with E-state index in [4.69, 9.17) is 9.51 Å². The fourth-order valence-electron chi connectivity index (χ4n) is 8.01. The van der Waals surface area contributed by atoms with E-state index in [0.717, 1.165) is 55.7 Å². The first-order chi connectivity index (χ1) is 20.8. The van der Waals surface area contributed by atoms with Gasteiger partial charge < -0.3 is 19.5 Å². The Labute approximate surface area is 255 Å². The summed E-state index contributed by atoms with van der Waals surface area (Å²) in [4.78, 5) is 20.9. The molecule has 1 heterocycles. The maximum Gasteiger partial charge on any atom is 0.387 e. The minimum atomic E-state index is -2.88. The maximum atomic E-state index is 14.6. The third-order valence-corrected chi connectivity index (χ3v) is 10.6. The molecule has 4 bridgehead atoms. The van der Waals surface area contributed by atoms with E-state index in [-0.39, 0.29) is 27.9 Å². The van der Waals surface area contributed by atoms with Crippen molar-refractivity contribution in [3.63, 3.8) is 0 Å². The average Bonchev–Trinajstić information content (AvgIpc) is 3.48. The van der Waals surface area contributed by atoms with Crippen LogP contribution in [0.1, 0.15) is 90.3 Å². The summed E-state index contributed by atoms with van der Waals surface area (Å²) in [5.41, 5.74) is 0.146. The zero-order valence-corrected chi connectivity index (χ0v) is 25.5. The monoisotopic (exact) mass is 608 g/mol. The van der Waals surface area contributed by atoms with Gasteiger partial charge in [0, 0.05) is 34.4 Å². The van der Waals surface area contributed by atoms with Crippen LogP contribution in [0, 0.1) is 10.8 Å². The highest BCUT2D eigenvalue weighted by atomic mass is 19.3. The van der Waals surface area contributed by atoms with Crippen molar-refractivity contribution in [2.24, 2.45) is 10.8 Å². The van der Waals surface area contributed by atoms with Crippen LogP contribution in [0.4, 0.5) is 30.2 Å². The van der Waals surface area contributed by atoms with Crippen LogP contribution in [0.15, 0.2) is 53.1 Å². The number of alkyl halides is 3. The molecule has 234 valence electrons. The lowest BCUT2D eigenvalue weighted by molar-refractivity contribution is -0.211. The van der Waals surface area contributed by atoms with Crippen LogP contribution in [0.3, 0.4) is 0 Å². The van der Waals surface area contributed by atoms with Crippen molar-refractivity contribution in [2.45, 2.75) is 102 Å². The number of aromatic nitrogens is 2. The van der Waals surface area contributed by atoms with Gasteiger partial charge in [0.1, 0.15) is 11.4 Å². The summed E-state index contributed by atoms with van der Waals surface area (Å²) in [5.74, 6) is 1.58. The Bertz CT molecular complexity index is 1520. The largest absolute Gasteiger partial charge is 0.435 e. The molecule has 1 N–H and O–H groups in total. The summed E-state index contributed by atoms with van der Waals surface area (Å²) in [5, 5.41) is 7.73. The van der Waals surface area contributed by atoms with Crippen LogP contribution >= 0.6 is 0 Å². The number of fused-ring (bicyclic) bond motifs is 3. The van der Waals surface area contributed by atoms with Gasteiger partial charge in [0.2, 0.25) is 11.8 Å². The fourth-order valence-corrected chi connectivity index (χ4v) is 8.01. The molecule has 6 aliphatic carbocycles. The van der Waals surface area contributed by atoms with Gasteiger partial charge in [-0.15, -0.1) is 0 Å². The highest BCUT2D eigenvalue weighted by molar-refractivity contribution is 6.00. The predicted molar refractivity (Wildman–Crippen MR) is 160 cm³/mol. The molecule has 6 fully saturated rings. The molecule has 3 aromatic rings. The van der Waals surface area contributed by atoms with E-state index < -0.39 is 17.7 Å². The quantitative estimate of drug-likeness (QED) is 0.264. The Kier molecular flexibility index (Phi) is 6.61. The number of carbonyl (C=O) groups is 1. The Morgan fingerprint density at radius 1 is 1.00 bits per heavy atom. The van der Waals surface area contributed by atoms with Gasteiger partial charge in [-0.3, -0.25) is 4.79 Å². The van der Waals surface area contributed by atoms with Gasteiger partial charge in [0.15, 0.2) is 5.82 Å². The van der Waals surface area contributed by atoms with Gasteiger partial charge in [-0.25, -0.2) is 4.39 Å². The average molecular weight is 609 g/mol. The molecule has 10 heteroatoms. The van der Waals surface area contributed by atoms with Crippen molar-refractivity contribution < 1.29 is 27.2 Å². The Balaban J connectivity index is 1.11. The predicted octanol–water partition coefficient (Wildman–Crippen LogP) is 8.23. The molecule has 6 aliphatic rings. The zero-order valence-electron chi connectivity index (χ0n) is 25.5. The van der Waals surface area contributed by atoms with Crippen molar-refractivity contribution in [3.8, 4) is 5.75 Å². The Morgan fingerprint density at radius 2 is 1.66 bits per heavy atom. The number of halogens is 3. The second-order valence-corrected chi connectivity index (χ2v) is 14.9. The Morgan fingerprint density at radius 3 is 2.23 bits per heavy atom. The second kappa shape index (κ2) is 9.97. The number of nitrogens with one attached hydrogen (secondary N) is 1. The summed E-state index contributed by atoms with van der Waals surface area (Å²) in [7, 11) is 0. The summed E-state index contributed by atoms with van der Waals surface area (Å²) in [6, 6.07) is 14.0. The third-order valence-electron chi connectivity index (χ3n) is 10.6. The molecule has 44 heavy (non-hydrogen) atoms. The van der Waals surface area contributed by atoms with E-state index >= 15 is 0 Å². The van der Waals surface area contributed by atoms with Gasteiger partial charge >= 0.3 is 6.61 Å². The molecule has 2 aromatic carbocycles. The number of carbonyl (C=O) groups excluding carboxylic acids is 1. The maximum absolute atomic E-state index is 14.6. The van der Waals surface area contributed by atoms with Gasteiger partial charge in [0.05, 0.1) is 5.41 Å². The van der Waals surface area contributed by atoms with E-state index in [2.05, 4.69) is 36.0 Å². The normalized spacial score (nSPS) is 30.4.